The van der Waals surface area contributed by atoms with Gasteiger partial charge in [0.05, 0.1) is 18.5 Å². The Balaban J connectivity index is 1.28. The number of amides is 2. The highest BCUT2D eigenvalue weighted by Crippen LogP contribution is 2.18. The van der Waals surface area contributed by atoms with Crippen molar-refractivity contribution < 1.29 is 23.9 Å². The first-order chi connectivity index (χ1) is 17.9. The van der Waals surface area contributed by atoms with Gasteiger partial charge in [0.25, 0.3) is 11.8 Å². The summed E-state index contributed by atoms with van der Waals surface area (Å²) in [6.07, 6.45) is 3.00. The van der Waals surface area contributed by atoms with E-state index in [0.29, 0.717) is 35.1 Å². The fourth-order valence-electron chi connectivity index (χ4n) is 3.44. The van der Waals surface area contributed by atoms with Crippen LogP contribution in [0.2, 0.25) is 0 Å². The summed E-state index contributed by atoms with van der Waals surface area (Å²) >= 11 is 0. The minimum absolute atomic E-state index is 0.237. The van der Waals surface area contributed by atoms with Crippen molar-refractivity contribution in [3.8, 4) is 11.6 Å². The van der Waals surface area contributed by atoms with Crippen LogP contribution < -0.4 is 15.4 Å². The molecule has 37 heavy (non-hydrogen) atoms. The Morgan fingerprint density at radius 1 is 0.919 bits per heavy atom. The lowest BCUT2D eigenvalue weighted by atomic mass is 10.2. The first-order valence-electron chi connectivity index (χ1n) is 11.5. The Morgan fingerprint density at radius 3 is 2.30 bits per heavy atom. The van der Waals surface area contributed by atoms with Gasteiger partial charge in [-0.1, -0.05) is 6.07 Å². The molecule has 0 aliphatic heterocycles. The van der Waals surface area contributed by atoms with E-state index in [0.717, 1.165) is 5.75 Å². The molecule has 2 aromatic heterocycles. The standard InChI is InChI=1S/C27H25N5O5/c1-3-36-22-13-11-21(12-14-22)31-26(34)19-7-9-20(10-8-19)30-25(33)17-37-27(35)23-16-29-32(18(23)2)24-6-4-5-15-28-24/h4-16H,3,17H2,1-2H3,(H,30,33)(H,31,34). The van der Waals surface area contributed by atoms with E-state index in [9.17, 15) is 14.4 Å². The Labute approximate surface area is 213 Å². The van der Waals surface area contributed by atoms with Crippen LogP contribution in [0.25, 0.3) is 5.82 Å². The lowest BCUT2D eigenvalue weighted by Crippen LogP contribution is -2.21. The van der Waals surface area contributed by atoms with E-state index in [4.69, 9.17) is 9.47 Å². The third-order valence-corrected chi connectivity index (χ3v) is 5.28. The molecular weight excluding hydrogens is 474 g/mol. The summed E-state index contributed by atoms with van der Waals surface area (Å²) in [6, 6.07) is 18.8. The number of anilines is 2. The Kier molecular flexibility index (Phi) is 7.89. The van der Waals surface area contributed by atoms with Crippen molar-refractivity contribution in [2.24, 2.45) is 0 Å². The monoisotopic (exact) mass is 499 g/mol. The smallest absolute Gasteiger partial charge is 0.342 e. The highest BCUT2D eigenvalue weighted by Gasteiger charge is 2.18. The topological polar surface area (TPSA) is 124 Å². The number of nitrogens with one attached hydrogen (secondary N) is 2. The summed E-state index contributed by atoms with van der Waals surface area (Å²) in [5, 5.41) is 9.61. The van der Waals surface area contributed by atoms with Crippen LogP contribution in [0.3, 0.4) is 0 Å². The van der Waals surface area contributed by atoms with Crippen LogP contribution in [0, 0.1) is 6.92 Å². The summed E-state index contributed by atoms with van der Waals surface area (Å²) < 4.78 is 12.1. The van der Waals surface area contributed by atoms with Crippen LogP contribution in [-0.2, 0) is 9.53 Å². The van der Waals surface area contributed by atoms with Crippen molar-refractivity contribution in [3.05, 3.63) is 95.9 Å². The van der Waals surface area contributed by atoms with Gasteiger partial charge in [-0.3, -0.25) is 9.59 Å². The van der Waals surface area contributed by atoms with Gasteiger partial charge in [0.15, 0.2) is 12.4 Å². The Hall–Kier alpha value is -4.99. The number of benzene rings is 2. The van der Waals surface area contributed by atoms with Crippen LogP contribution in [0.15, 0.2) is 79.1 Å². The second kappa shape index (κ2) is 11.6. The van der Waals surface area contributed by atoms with E-state index < -0.39 is 18.5 Å². The summed E-state index contributed by atoms with van der Waals surface area (Å²) in [5.41, 5.74) is 2.29. The van der Waals surface area contributed by atoms with Crippen LogP contribution in [0.1, 0.15) is 33.3 Å². The molecule has 0 atom stereocenters. The van der Waals surface area contributed by atoms with Crippen LogP contribution in [-0.4, -0.2) is 45.8 Å². The van der Waals surface area contributed by atoms with Gasteiger partial charge < -0.3 is 20.1 Å². The third-order valence-electron chi connectivity index (χ3n) is 5.28. The number of pyridine rings is 1. The largest absolute Gasteiger partial charge is 0.494 e. The fourth-order valence-corrected chi connectivity index (χ4v) is 3.44. The van der Waals surface area contributed by atoms with E-state index in [-0.39, 0.29) is 11.5 Å². The molecule has 188 valence electrons. The highest BCUT2D eigenvalue weighted by molar-refractivity contribution is 6.04. The number of esters is 1. The number of carbonyl (C=O) groups excluding carboxylic acids is 3. The Morgan fingerprint density at radius 2 is 1.62 bits per heavy atom. The second-order valence-corrected chi connectivity index (χ2v) is 7.86. The molecule has 2 aromatic carbocycles. The van der Waals surface area contributed by atoms with Gasteiger partial charge in [0, 0.05) is 23.1 Å². The zero-order valence-electron chi connectivity index (χ0n) is 20.3. The van der Waals surface area contributed by atoms with Gasteiger partial charge in [-0.15, -0.1) is 0 Å². The average Bonchev–Trinajstić information content (AvgIpc) is 3.30. The minimum atomic E-state index is -0.670. The Bertz CT molecular complexity index is 1380. The van der Waals surface area contributed by atoms with E-state index >= 15 is 0 Å². The molecule has 0 fully saturated rings. The van der Waals surface area contributed by atoms with Crippen molar-refractivity contribution in [1.82, 2.24) is 14.8 Å². The number of ether oxygens (including phenoxy) is 2. The molecule has 0 saturated heterocycles. The molecule has 0 spiro atoms. The van der Waals surface area contributed by atoms with Crippen molar-refractivity contribution in [2.75, 3.05) is 23.8 Å². The average molecular weight is 500 g/mol. The van der Waals surface area contributed by atoms with Gasteiger partial charge >= 0.3 is 5.97 Å². The molecule has 0 bridgehead atoms. The SMILES string of the molecule is CCOc1ccc(NC(=O)c2ccc(NC(=O)COC(=O)c3cnn(-c4ccccn4)c3C)cc2)cc1. The van der Waals surface area contributed by atoms with Crippen molar-refractivity contribution in [2.45, 2.75) is 13.8 Å². The summed E-state index contributed by atoms with van der Waals surface area (Å²) in [6.45, 7) is 3.70. The number of nitrogens with zero attached hydrogens (tertiary/aromatic N) is 3. The maximum atomic E-state index is 12.5. The molecule has 0 radical (unpaired) electrons. The summed E-state index contributed by atoms with van der Waals surface area (Å²) in [7, 11) is 0. The second-order valence-electron chi connectivity index (χ2n) is 7.86. The molecule has 2 amide bonds. The minimum Gasteiger partial charge on any atom is -0.494 e. The van der Waals surface area contributed by atoms with Gasteiger partial charge in [-0.2, -0.15) is 5.10 Å². The zero-order chi connectivity index (χ0) is 26.2. The lowest BCUT2D eigenvalue weighted by Gasteiger charge is -2.09. The van der Waals surface area contributed by atoms with Gasteiger partial charge in [0.1, 0.15) is 11.3 Å². The molecule has 4 aromatic rings. The number of aromatic nitrogens is 3. The molecule has 0 aliphatic carbocycles. The molecular formula is C27H25N5O5. The fraction of sp³-hybridized carbons (Fsp3) is 0.148. The molecule has 2 heterocycles. The van der Waals surface area contributed by atoms with Crippen molar-refractivity contribution >= 4 is 29.2 Å². The maximum absolute atomic E-state index is 12.5. The first kappa shape index (κ1) is 25.1. The van der Waals surface area contributed by atoms with Crippen molar-refractivity contribution in [3.63, 3.8) is 0 Å². The van der Waals surface area contributed by atoms with E-state index in [1.807, 2.05) is 13.0 Å². The van der Waals surface area contributed by atoms with Crippen LogP contribution in [0.5, 0.6) is 5.75 Å². The van der Waals surface area contributed by atoms with Gasteiger partial charge in [0.2, 0.25) is 0 Å². The van der Waals surface area contributed by atoms with Crippen LogP contribution in [0.4, 0.5) is 11.4 Å². The van der Waals surface area contributed by atoms with E-state index in [2.05, 4.69) is 20.7 Å². The molecule has 0 aliphatic rings. The van der Waals surface area contributed by atoms with Crippen LogP contribution >= 0.6 is 0 Å². The van der Waals surface area contributed by atoms with Crippen molar-refractivity contribution in [1.29, 1.82) is 0 Å². The molecule has 10 nitrogen and oxygen atoms in total. The quantitative estimate of drug-likeness (QED) is 0.333. The molecule has 0 saturated carbocycles. The van der Waals surface area contributed by atoms with E-state index in [1.54, 1.807) is 73.8 Å². The number of rotatable bonds is 9. The summed E-state index contributed by atoms with van der Waals surface area (Å²) in [4.78, 5) is 41.4. The lowest BCUT2D eigenvalue weighted by molar-refractivity contribution is -0.119. The molecule has 2 N–H and O–H groups in total. The zero-order valence-corrected chi connectivity index (χ0v) is 20.3. The number of carbonyl (C=O) groups is 3. The summed E-state index contributed by atoms with van der Waals surface area (Å²) in [5.74, 6) is -0.196. The van der Waals surface area contributed by atoms with Gasteiger partial charge in [-0.05, 0) is 74.5 Å². The normalized spacial score (nSPS) is 10.4. The number of hydrogen-bond acceptors (Lipinski definition) is 7. The van der Waals surface area contributed by atoms with E-state index in [1.165, 1.54) is 10.9 Å². The number of hydrogen-bond donors (Lipinski definition) is 2. The van der Waals surface area contributed by atoms with Gasteiger partial charge in [-0.25, -0.2) is 14.5 Å². The highest BCUT2D eigenvalue weighted by atomic mass is 16.5. The molecule has 4 rings (SSSR count). The predicted molar refractivity (Wildman–Crippen MR) is 137 cm³/mol. The third kappa shape index (κ3) is 6.37. The molecule has 0 unspecified atom stereocenters. The first-order valence-corrected chi connectivity index (χ1v) is 11.5. The maximum Gasteiger partial charge on any atom is 0.342 e. The predicted octanol–water partition coefficient (Wildman–Crippen LogP) is 4.02. The molecule has 10 heteroatoms.